The summed E-state index contributed by atoms with van der Waals surface area (Å²) in [4.78, 5) is 16.2. The van der Waals surface area contributed by atoms with Gasteiger partial charge in [-0.25, -0.2) is 17.9 Å². The van der Waals surface area contributed by atoms with Gasteiger partial charge in [-0.05, 0) is 49.9 Å². The van der Waals surface area contributed by atoms with Crippen LogP contribution in [-0.4, -0.2) is 44.5 Å². The van der Waals surface area contributed by atoms with Gasteiger partial charge < -0.3 is 9.32 Å². The van der Waals surface area contributed by atoms with Gasteiger partial charge in [0.25, 0.3) is 0 Å². The number of piperidine rings is 1. The van der Waals surface area contributed by atoms with E-state index in [-0.39, 0.29) is 10.5 Å². The monoisotopic (exact) mass is 367 g/mol. The fourth-order valence-electron chi connectivity index (χ4n) is 3.29. The molecule has 2 aromatic rings. The molecule has 1 saturated heterocycles. The number of hydrogen-bond donors (Lipinski definition) is 2. The Balaban J connectivity index is 1.59. The predicted molar refractivity (Wildman–Crippen MR) is 96.0 cm³/mol. The Morgan fingerprint density at radius 2 is 2.04 bits per heavy atom. The summed E-state index contributed by atoms with van der Waals surface area (Å²) in [5.74, 6) is 0.413. The molecule has 25 heavy (non-hydrogen) atoms. The van der Waals surface area contributed by atoms with Crippen LogP contribution in [0.1, 0.15) is 26.7 Å². The molecule has 0 unspecified atom stereocenters. The van der Waals surface area contributed by atoms with Gasteiger partial charge in [-0.3, -0.25) is 4.98 Å². The van der Waals surface area contributed by atoms with E-state index in [9.17, 15) is 13.2 Å². The van der Waals surface area contributed by atoms with Crippen LogP contribution in [0, 0.1) is 11.8 Å². The topological polar surface area (TPSA) is 95.4 Å². The third-order valence-electron chi connectivity index (χ3n) is 4.60. The normalized spacial score (nSPS) is 17.6. The van der Waals surface area contributed by atoms with Gasteiger partial charge in [-0.1, -0.05) is 13.8 Å². The second kappa shape index (κ2) is 7.31. The minimum atomic E-state index is -3.61. The summed E-state index contributed by atoms with van der Waals surface area (Å²) in [6.07, 6.45) is 2.00. The Kier molecular flexibility index (Phi) is 5.31. The van der Waals surface area contributed by atoms with Gasteiger partial charge in [-0.15, -0.1) is 0 Å². The lowest BCUT2D eigenvalue weighted by Crippen LogP contribution is -2.40. The zero-order valence-electron chi connectivity index (χ0n) is 14.6. The number of rotatable bonds is 6. The van der Waals surface area contributed by atoms with E-state index in [0.717, 1.165) is 32.5 Å². The van der Waals surface area contributed by atoms with E-state index in [1.165, 1.54) is 12.1 Å². The number of benzene rings is 1. The van der Waals surface area contributed by atoms with E-state index in [1.807, 2.05) is 0 Å². The molecule has 1 aromatic heterocycles. The lowest BCUT2D eigenvalue weighted by Gasteiger charge is -2.32. The minimum Gasteiger partial charge on any atom is -0.408 e. The van der Waals surface area contributed by atoms with Gasteiger partial charge in [-0.2, -0.15) is 0 Å². The fraction of sp³-hybridized carbons (Fsp3) is 0.588. The second-order valence-corrected chi connectivity index (χ2v) is 8.93. The van der Waals surface area contributed by atoms with Gasteiger partial charge in [0.1, 0.15) is 0 Å². The van der Waals surface area contributed by atoms with Crippen LogP contribution in [0.2, 0.25) is 0 Å². The number of hydrogen-bond acceptors (Lipinski definition) is 5. The van der Waals surface area contributed by atoms with E-state index in [4.69, 9.17) is 4.42 Å². The van der Waals surface area contributed by atoms with Crippen LogP contribution in [-0.2, 0) is 10.0 Å². The van der Waals surface area contributed by atoms with Crippen molar-refractivity contribution in [3.63, 3.8) is 0 Å². The Morgan fingerprint density at radius 3 is 2.72 bits per heavy atom. The average molecular weight is 367 g/mol. The summed E-state index contributed by atoms with van der Waals surface area (Å²) < 4.78 is 32.6. The fourth-order valence-corrected chi connectivity index (χ4v) is 4.42. The van der Waals surface area contributed by atoms with Crippen LogP contribution < -0.4 is 10.5 Å². The van der Waals surface area contributed by atoms with Gasteiger partial charge in [0, 0.05) is 19.2 Å². The highest BCUT2D eigenvalue weighted by molar-refractivity contribution is 7.89. The molecule has 2 heterocycles. The smallest absolute Gasteiger partial charge is 0.408 e. The van der Waals surface area contributed by atoms with Crippen molar-refractivity contribution in [3.05, 3.63) is 28.7 Å². The van der Waals surface area contributed by atoms with Crippen molar-refractivity contribution in [1.82, 2.24) is 14.6 Å². The van der Waals surface area contributed by atoms with Gasteiger partial charge in [0.05, 0.1) is 10.4 Å². The lowest BCUT2D eigenvalue weighted by atomic mass is 9.96. The van der Waals surface area contributed by atoms with Gasteiger partial charge in [0.15, 0.2) is 5.58 Å². The number of sulfonamides is 1. The van der Waals surface area contributed by atoms with Gasteiger partial charge >= 0.3 is 5.76 Å². The zero-order chi connectivity index (χ0) is 18.0. The Labute approximate surface area is 147 Å². The van der Waals surface area contributed by atoms with Crippen molar-refractivity contribution in [3.8, 4) is 0 Å². The van der Waals surface area contributed by atoms with Crippen LogP contribution >= 0.6 is 0 Å². The maximum atomic E-state index is 12.5. The number of nitrogens with zero attached hydrogens (tertiary/aromatic N) is 1. The molecule has 0 amide bonds. The zero-order valence-corrected chi connectivity index (χ0v) is 15.4. The Morgan fingerprint density at radius 1 is 1.32 bits per heavy atom. The van der Waals surface area contributed by atoms with Crippen molar-refractivity contribution in [2.45, 2.75) is 31.6 Å². The number of nitrogens with one attached hydrogen (secondary N) is 2. The molecule has 0 bridgehead atoms. The number of oxazole rings is 1. The van der Waals surface area contributed by atoms with E-state index < -0.39 is 15.8 Å². The summed E-state index contributed by atoms with van der Waals surface area (Å²) in [5, 5.41) is 0. The summed E-state index contributed by atoms with van der Waals surface area (Å²) in [7, 11) is -3.61. The summed E-state index contributed by atoms with van der Waals surface area (Å²) >= 11 is 0. The molecule has 3 rings (SSSR count). The van der Waals surface area contributed by atoms with Crippen molar-refractivity contribution in [2.75, 3.05) is 26.2 Å². The highest BCUT2D eigenvalue weighted by Gasteiger charge is 2.22. The number of H-pyrrole nitrogens is 1. The van der Waals surface area contributed by atoms with E-state index in [0.29, 0.717) is 23.9 Å². The number of likely N-dealkylation sites (tertiary alicyclic amines) is 1. The molecule has 0 aliphatic carbocycles. The minimum absolute atomic E-state index is 0.111. The standard InChI is InChI=1S/C17H25N3O4S/c1-12(2)11-20-7-5-13(6-8-20)10-18-25(22,23)14-3-4-15-16(9-14)24-17(21)19-15/h3-4,9,12-13,18H,5-8,10-11H2,1-2H3,(H,19,21). The maximum Gasteiger partial charge on any atom is 0.417 e. The Bertz CT molecular complexity index is 877. The second-order valence-electron chi connectivity index (χ2n) is 7.16. The first kappa shape index (κ1) is 18.2. The van der Waals surface area contributed by atoms with E-state index in [1.54, 1.807) is 6.07 Å². The molecule has 1 aromatic carbocycles. The summed E-state index contributed by atoms with van der Waals surface area (Å²) in [6, 6.07) is 4.39. The van der Waals surface area contributed by atoms with Crippen LogP contribution in [0.4, 0.5) is 0 Å². The van der Waals surface area contributed by atoms with Crippen LogP contribution in [0.5, 0.6) is 0 Å². The molecular formula is C17H25N3O4S. The molecule has 0 radical (unpaired) electrons. The number of aromatic amines is 1. The van der Waals surface area contributed by atoms with Crippen molar-refractivity contribution in [1.29, 1.82) is 0 Å². The third kappa shape index (κ3) is 4.50. The van der Waals surface area contributed by atoms with Crippen molar-refractivity contribution < 1.29 is 12.8 Å². The first-order valence-electron chi connectivity index (χ1n) is 8.68. The third-order valence-corrected chi connectivity index (χ3v) is 6.02. The Hall–Kier alpha value is -1.64. The molecular weight excluding hydrogens is 342 g/mol. The average Bonchev–Trinajstić information content (AvgIpc) is 2.93. The molecule has 1 aliphatic heterocycles. The first-order chi connectivity index (χ1) is 11.8. The summed E-state index contributed by atoms with van der Waals surface area (Å²) in [5.41, 5.74) is 0.733. The molecule has 0 spiro atoms. The predicted octanol–water partition coefficient (Wildman–Crippen LogP) is 1.77. The van der Waals surface area contributed by atoms with Crippen LogP contribution in [0.25, 0.3) is 11.1 Å². The number of aromatic nitrogens is 1. The van der Waals surface area contributed by atoms with Crippen molar-refractivity contribution >= 4 is 21.1 Å². The molecule has 138 valence electrons. The van der Waals surface area contributed by atoms with Crippen LogP contribution in [0.3, 0.4) is 0 Å². The maximum absolute atomic E-state index is 12.5. The SMILES string of the molecule is CC(C)CN1CCC(CNS(=O)(=O)c2ccc3[nH]c(=O)oc3c2)CC1. The first-order valence-corrected chi connectivity index (χ1v) is 10.2. The quantitative estimate of drug-likeness (QED) is 0.811. The largest absolute Gasteiger partial charge is 0.417 e. The lowest BCUT2D eigenvalue weighted by molar-refractivity contribution is 0.169. The highest BCUT2D eigenvalue weighted by atomic mass is 32.2. The van der Waals surface area contributed by atoms with E-state index >= 15 is 0 Å². The highest BCUT2D eigenvalue weighted by Crippen LogP contribution is 2.20. The van der Waals surface area contributed by atoms with Crippen LogP contribution in [0.15, 0.2) is 32.3 Å². The molecule has 7 nitrogen and oxygen atoms in total. The number of fused-ring (bicyclic) bond motifs is 1. The molecule has 1 aliphatic rings. The molecule has 8 heteroatoms. The van der Waals surface area contributed by atoms with Crippen molar-refractivity contribution in [2.24, 2.45) is 11.8 Å². The molecule has 0 atom stereocenters. The van der Waals surface area contributed by atoms with Gasteiger partial charge in [0.2, 0.25) is 10.0 Å². The molecule has 0 saturated carbocycles. The summed E-state index contributed by atoms with van der Waals surface area (Å²) in [6.45, 7) is 8.00. The molecule has 1 fully saturated rings. The molecule has 2 N–H and O–H groups in total. The van der Waals surface area contributed by atoms with E-state index in [2.05, 4.69) is 28.5 Å².